The smallest absolute Gasteiger partial charge is 0.416 e. The second kappa shape index (κ2) is 12.6. The maximum absolute atomic E-state index is 12.9. The van der Waals surface area contributed by atoms with Crippen molar-refractivity contribution in [2.45, 2.75) is 12.3 Å². The maximum atomic E-state index is 12.9. The lowest BCUT2D eigenvalue weighted by Crippen LogP contribution is -2.49. The van der Waals surface area contributed by atoms with Gasteiger partial charge in [-0.3, -0.25) is 4.90 Å². The summed E-state index contributed by atoms with van der Waals surface area (Å²) < 4.78 is 50.8. The van der Waals surface area contributed by atoms with Gasteiger partial charge >= 0.3 is 6.18 Å². The molecule has 1 fully saturated rings. The van der Waals surface area contributed by atoms with Crippen LogP contribution in [0.3, 0.4) is 0 Å². The predicted molar refractivity (Wildman–Crippen MR) is 124 cm³/mol. The molecular formula is C22H27BrClF3N2O3. The number of anilines is 1. The van der Waals surface area contributed by atoms with Crippen LogP contribution < -0.4 is 9.64 Å². The van der Waals surface area contributed by atoms with Crippen LogP contribution in [0.2, 0.25) is 0 Å². The van der Waals surface area contributed by atoms with Crippen molar-refractivity contribution in [1.29, 1.82) is 0 Å². The van der Waals surface area contributed by atoms with Crippen molar-refractivity contribution >= 4 is 34.0 Å². The van der Waals surface area contributed by atoms with E-state index in [-0.39, 0.29) is 19.0 Å². The van der Waals surface area contributed by atoms with E-state index in [1.54, 1.807) is 6.07 Å². The Labute approximate surface area is 200 Å². The Kier molecular flexibility index (Phi) is 10.6. The van der Waals surface area contributed by atoms with Crippen molar-refractivity contribution in [2.75, 3.05) is 57.4 Å². The Hall–Kier alpha value is -1.52. The lowest BCUT2D eigenvalue weighted by Gasteiger charge is -2.37. The number of hydrogen-bond acceptors (Lipinski definition) is 5. The summed E-state index contributed by atoms with van der Waals surface area (Å²) in [6.07, 6.45) is -4.97. The summed E-state index contributed by atoms with van der Waals surface area (Å²) in [5.41, 5.74) is -0.0618. The molecule has 1 unspecified atom stereocenters. The van der Waals surface area contributed by atoms with Crippen LogP contribution >= 0.6 is 28.3 Å². The second-order valence-electron chi connectivity index (χ2n) is 7.37. The summed E-state index contributed by atoms with van der Waals surface area (Å²) in [5.74, 6) is 0.756. The number of alkyl halides is 3. The number of nitrogens with zero attached hydrogens (tertiary/aromatic N) is 2. The molecule has 32 heavy (non-hydrogen) atoms. The highest BCUT2D eigenvalue weighted by atomic mass is 79.9. The maximum Gasteiger partial charge on any atom is 0.416 e. The molecule has 0 aromatic heterocycles. The van der Waals surface area contributed by atoms with Crippen LogP contribution in [0, 0.1) is 0 Å². The minimum Gasteiger partial charge on any atom is -0.491 e. The molecule has 10 heteroatoms. The van der Waals surface area contributed by atoms with Crippen LogP contribution in [0.25, 0.3) is 0 Å². The molecule has 0 amide bonds. The van der Waals surface area contributed by atoms with E-state index in [4.69, 9.17) is 9.47 Å². The molecular weight excluding hydrogens is 513 g/mol. The first kappa shape index (κ1) is 26.7. The van der Waals surface area contributed by atoms with E-state index >= 15 is 0 Å². The highest BCUT2D eigenvalue weighted by molar-refractivity contribution is 9.10. The van der Waals surface area contributed by atoms with E-state index in [2.05, 4.69) is 20.8 Å². The number of aliphatic hydroxyl groups is 1. The van der Waals surface area contributed by atoms with Crippen molar-refractivity contribution < 1.29 is 27.8 Å². The summed E-state index contributed by atoms with van der Waals surface area (Å²) in [6.45, 7) is 3.98. The molecule has 5 nitrogen and oxygen atoms in total. The van der Waals surface area contributed by atoms with Gasteiger partial charge in [0.25, 0.3) is 0 Å². The highest BCUT2D eigenvalue weighted by Gasteiger charge is 2.31. The number of halogens is 5. The fourth-order valence-electron chi connectivity index (χ4n) is 3.39. The third kappa shape index (κ3) is 8.44. The number of benzene rings is 2. The fourth-order valence-corrected chi connectivity index (χ4v) is 3.65. The Morgan fingerprint density at radius 3 is 2.34 bits per heavy atom. The largest absolute Gasteiger partial charge is 0.491 e. The molecule has 0 aliphatic carbocycles. The van der Waals surface area contributed by atoms with Crippen molar-refractivity contribution in [2.24, 2.45) is 0 Å². The average Bonchev–Trinajstić information content (AvgIpc) is 2.75. The van der Waals surface area contributed by atoms with Crippen LogP contribution in [-0.2, 0) is 10.9 Å². The number of hydrogen-bond donors (Lipinski definition) is 1. The van der Waals surface area contributed by atoms with Crippen molar-refractivity contribution in [1.82, 2.24) is 4.90 Å². The normalized spacial score (nSPS) is 15.8. The molecule has 0 spiro atoms. The van der Waals surface area contributed by atoms with Crippen molar-refractivity contribution in [3.8, 4) is 5.75 Å². The highest BCUT2D eigenvalue weighted by Crippen LogP contribution is 2.31. The number of piperazine rings is 1. The van der Waals surface area contributed by atoms with Crippen molar-refractivity contribution in [3.05, 3.63) is 58.6 Å². The number of β-amino-alcohol motifs (C(OH)–C–C–N with tert-alkyl or cyclic N) is 1. The van der Waals surface area contributed by atoms with Gasteiger partial charge in [-0.1, -0.05) is 22.0 Å². The molecule has 1 saturated heterocycles. The summed E-state index contributed by atoms with van der Waals surface area (Å²) in [7, 11) is 0. The monoisotopic (exact) mass is 538 g/mol. The van der Waals surface area contributed by atoms with Gasteiger partial charge in [0, 0.05) is 42.9 Å². The zero-order valence-electron chi connectivity index (χ0n) is 17.4. The Bertz CT molecular complexity index is 819. The Morgan fingerprint density at radius 1 is 1.00 bits per heavy atom. The third-order valence-corrected chi connectivity index (χ3v) is 5.53. The standard InChI is InChI=1S/C22H26BrF3N2O3.ClH/c23-18-4-6-21(7-5-18)31-13-12-30-16-20(29)15-27-8-10-28(11-9-27)19-3-1-2-17(14-19)22(24,25)26;/h1-7,14,20,29H,8-13,15-16H2;1H. The third-order valence-electron chi connectivity index (χ3n) is 5.00. The van der Waals surface area contributed by atoms with E-state index < -0.39 is 17.8 Å². The SMILES string of the molecule is Cl.OC(COCCOc1ccc(Br)cc1)CN1CCN(c2cccc(C(F)(F)F)c2)CC1. The molecule has 1 aliphatic rings. The first-order valence-electron chi connectivity index (χ1n) is 10.1. The second-order valence-corrected chi connectivity index (χ2v) is 8.28. The minimum absolute atomic E-state index is 0. The van der Waals surface area contributed by atoms with Crippen LogP contribution in [0.15, 0.2) is 53.0 Å². The molecule has 178 valence electrons. The van der Waals surface area contributed by atoms with Gasteiger partial charge in [0.05, 0.1) is 24.9 Å². The lowest BCUT2D eigenvalue weighted by atomic mass is 10.1. The van der Waals surface area contributed by atoms with Gasteiger partial charge in [-0.2, -0.15) is 13.2 Å². The number of rotatable bonds is 9. The molecule has 1 atom stereocenters. The van der Waals surface area contributed by atoms with E-state index in [1.165, 1.54) is 12.1 Å². The van der Waals surface area contributed by atoms with E-state index in [0.29, 0.717) is 51.6 Å². The molecule has 1 heterocycles. The summed E-state index contributed by atoms with van der Waals surface area (Å²) >= 11 is 3.36. The van der Waals surface area contributed by atoms with Gasteiger partial charge in [0.2, 0.25) is 0 Å². The molecule has 0 radical (unpaired) electrons. The van der Waals surface area contributed by atoms with Gasteiger partial charge in [-0.25, -0.2) is 0 Å². The minimum atomic E-state index is -4.34. The molecule has 1 aliphatic heterocycles. The van der Waals surface area contributed by atoms with Gasteiger partial charge in [0.15, 0.2) is 0 Å². The van der Waals surface area contributed by atoms with Gasteiger partial charge in [0.1, 0.15) is 12.4 Å². The molecule has 3 rings (SSSR count). The Morgan fingerprint density at radius 2 is 1.69 bits per heavy atom. The van der Waals surface area contributed by atoms with Crippen molar-refractivity contribution in [3.63, 3.8) is 0 Å². The van der Waals surface area contributed by atoms with Crippen LogP contribution in [0.5, 0.6) is 5.75 Å². The molecule has 2 aromatic rings. The topological polar surface area (TPSA) is 45.2 Å². The average molecular weight is 540 g/mol. The summed E-state index contributed by atoms with van der Waals surface area (Å²) in [4.78, 5) is 4.03. The van der Waals surface area contributed by atoms with Crippen LogP contribution in [0.1, 0.15) is 5.56 Å². The zero-order valence-corrected chi connectivity index (χ0v) is 19.8. The van der Waals surface area contributed by atoms with E-state index in [1.807, 2.05) is 29.2 Å². The molecule has 2 aromatic carbocycles. The predicted octanol–water partition coefficient (Wildman–Crippen LogP) is 4.47. The van der Waals surface area contributed by atoms with Crippen LogP contribution in [0.4, 0.5) is 18.9 Å². The molecule has 0 saturated carbocycles. The first-order chi connectivity index (χ1) is 14.8. The van der Waals surface area contributed by atoms with Gasteiger partial charge in [-0.15, -0.1) is 12.4 Å². The van der Waals surface area contributed by atoms with E-state index in [9.17, 15) is 18.3 Å². The zero-order chi connectivity index (χ0) is 22.3. The first-order valence-corrected chi connectivity index (χ1v) is 10.9. The lowest BCUT2D eigenvalue weighted by molar-refractivity contribution is -0.137. The molecule has 0 bridgehead atoms. The number of aliphatic hydroxyl groups excluding tert-OH is 1. The quantitative estimate of drug-likeness (QED) is 0.477. The summed E-state index contributed by atoms with van der Waals surface area (Å²) in [5, 5.41) is 10.2. The van der Waals surface area contributed by atoms with Gasteiger partial charge < -0.3 is 19.5 Å². The fraction of sp³-hybridized carbons (Fsp3) is 0.455. The molecule has 1 N–H and O–H groups in total. The van der Waals surface area contributed by atoms with Gasteiger partial charge in [-0.05, 0) is 42.5 Å². The Balaban J connectivity index is 0.00000363. The van der Waals surface area contributed by atoms with E-state index in [0.717, 1.165) is 16.3 Å². The summed E-state index contributed by atoms with van der Waals surface area (Å²) in [6, 6.07) is 12.9. The van der Waals surface area contributed by atoms with Crippen LogP contribution in [-0.4, -0.2) is 68.7 Å². The number of ether oxygens (including phenoxy) is 2.